The molecule has 0 aliphatic heterocycles. The van der Waals surface area contributed by atoms with Gasteiger partial charge in [0.15, 0.2) is 5.69 Å². The first-order chi connectivity index (χ1) is 12.0. The number of anilines is 1. The normalized spacial score (nSPS) is 12.5. The zero-order valence-electron chi connectivity index (χ0n) is 12.7. The minimum absolute atomic E-state index is 0.0229. The van der Waals surface area contributed by atoms with Gasteiger partial charge in [0.05, 0.1) is 10.7 Å². The van der Waals surface area contributed by atoms with Crippen LogP contribution in [0.2, 0.25) is 5.02 Å². The molecule has 0 amide bonds. The van der Waals surface area contributed by atoms with Crippen LogP contribution in [-0.2, 0) is 16.2 Å². The maximum absolute atomic E-state index is 13.2. The van der Waals surface area contributed by atoms with Gasteiger partial charge in [-0.15, -0.1) is 5.10 Å². The molecule has 1 N–H and O–H groups in total. The Labute approximate surface area is 163 Å². The highest BCUT2D eigenvalue weighted by Gasteiger charge is 2.36. The summed E-state index contributed by atoms with van der Waals surface area (Å²) in [5.41, 5.74) is -1.08. The van der Waals surface area contributed by atoms with E-state index in [1.54, 1.807) is 12.1 Å². The van der Waals surface area contributed by atoms with Crippen molar-refractivity contribution < 1.29 is 21.6 Å². The second-order valence-corrected chi connectivity index (χ2v) is 8.23. The Morgan fingerprint density at radius 2 is 1.96 bits per heavy atom. The number of para-hydroxylation sites is 1. The molecule has 0 spiro atoms. The summed E-state index contributed by atoms with van der Waals surface area (Å²) in [5, 5.41) is 2.74. The van der Waals surface area contributed by atoms with E-state index < -0.39 is 32.8 Å². The fourth-order valence-electron chi connectivity index (χ4n) is 2.06. The molecule has 2 heterocycles. The molecular weight excluding hydrogens is 510 g/mol. The molecule has 0 atom stereocenters. The molecule has 0 saturated carbocycles. The predicted octanol–water partition coefficient (Wildman–Crippen LogP) is 3.51. The number of nitrogens with one attached hydrogen (secondary N) is 1. The first-order valence-electron chi connectivity index (χ1n) is 6.77. The van der Waals surface area contributed by atoms with Gasteiger partial charge in [-0.3, -0.25) is 4.72 Å². The molecule has 138 valence electrons. The van der Waals surface area contributed by atoms with Gasteiger partial charge in [0, 0.05) is 9.26 Å². The number of aromatic nitrogens is 4. The summed E-state index contributed by atoms with van der Waals surface area (Å²) in [5.74, 6) is -0.480. The van der Waals surface area contributed by atoms with Crippen molar-refractivity contribution in [1.82, 2.24) is 19.6 Å². The van der Waals surface area contributed by atoms with Crippen LogP contribution < -0.4 is 4.72 Å². The van der Waals surface area contributed by atoms with Crippen LogP contribution in [0.15, 0.2) is 29.4 Å². The highest BCUT2D eigenvalue weighted by Crippen LogP contribution is 2.31. The van der Waals surface area contributed by atoms with Gasteiger partial charge in [-0.25, -0.2) is 4.98 Å². The quantitative estimate of drug-likeness (QED) is 0.537. The van der Waals surface area contributed by atoms with Gasteiger partial charge in [-0.1, -0.05) is 17.7 Å². The fraction of sp³-hybridized carbons (Fsp3) is 0.154. The first kappa shape index (κ1) is 19.1. The lowest BCUT2D eigenvalue weighted by Gasteiger charge is -2.09. The lowest BCUT2D eigenvalue weighted by Crippen LogP contribution is -2.17. The SMILES string of the molecule is Cc1cc(C(F)(F)F)n2nc(S(=O)(=O)Nc3c(Cl)cccc3I)nc2n1. The predicted molar refractivity (Wildman–Crippen MR) is 95.5 cm³/mol. The van der Waals surface area contributed by atoms with Crippen LogP contribution in [0.5, 0.6) is 0 Å². The Kier molecular flexibility index (Phi) is 4.77. The molecule has 26 heavy (non-hydrogen) atoms. The van der Waals surface area contributed by atoms with E-state index in [0.717, 1.165) is 6.07 Å². The molecule has 1 aromatic carbocycles. The average molecular weight is 518 g/mol. The van der Waals surface area contributed by atoms with Crippen molar-refractivity contribution in [2.75, 3.05) is 4.72 Å². The van der Waals surface area contributed by atoms with Gasteiger partial charge in [0.25, 0.3) is 21.0 Å². The zero-order valence-corrected chi connectivity index (χ0v) is 16.4. The van der Waals surface area contributed by atoms with Crippen LogP contribution in [0.4, 0.5) is 18.9 Å². The summed E-state index contributed by atoms with van der Waals surface area (Å²) in [4.78, 5) is 7.42. The standard InChI is InChI=1S/C13H8ClF3IN5O2S/c1-6-5-9(13(15,16)17)23-11(19-6)20-12(21-23)26(24,25)22-10-7(14)3-2-4-8(10)18/h2-5,22H,1H3. The topological polar surface area (TPSA) is 89.3 Å². The number of alkyl halides is 3. The van der Waals surface area contributed by atoms with E-state index in [-0.39, 0.29) is 16.4 Å². The molecule has 13 heteroatoms. The van der Waals surface area contributed by atoms with Crippen LogP contribution >= 0.6 is 34.2 Å². The Balaban J connectivity index is 2.13. The maximum atomic E-state index is 13.2. The Hall–Kier alpha value is -1.67. The van der Waals surface area contributed by atoms with E-state index in [1.165, 1.54) is 13.0 Å². The molecule has 0 bridgehead atoms. The second-order valence-electron chi connectivity index (χ2n) is 5.09. The fourth-order valence-corrected chi connectivity index (χ4v) is 4.28. The summed E-state index contributed by atoms with van der Waals surface area (Å²) in [6, 6.07) is 5.44. The van der Waals surface area contributed by atoms with E-state index in [1.807, 2.05) is 22.6 Å². The van der Waals surface area contributed by atoms with Crippen LogP contribution in [0, 0.1) is 10.5 Å². The minimum Gasteiger partial charge on any atom is -0.274 e. The number of fused-ring (bicyclic) bond motifs is 1. The van der Waals surface area contributed by atoms with Crippen molar-refractivity contribution in [3.05, 3.63) is 44.2 Å². The average Bonchev–Trinajstić information content (AvgIpc) is 2.94. The molecule has 0 unspecified atom stereocenters. The highest BCUT2D eigenvalue weighted by atomic mass is 127. The Morgan fingerprint density at radius 1 is 1.27 bits per heavy atom. The number of sulfonamides is 1. The van der Waals surface area contributed by atoms with Gasteiger partial charge in [0.2, 0.25) is 0 Å². The third-order valence-electron chi connectivity index (χ3n) is 3.15. The monoisotopic (exact) mass is 517 g/mol. The lowest BCUT2D eigenvalue weighted by molar-refractivity contribution is -0.142. The van der Waals surface area contributed by atoms with E-state index in [4.69, 9.17) is 11.6 Å². The van der Waals surface area contributed by atoms with Crippen molar-refractivity contribution in [3.63, 3.8) is 0 Å². The van der Waals surface area contributed by atoms with E-state index >= 15 is 0 Å². The number of rotatable bonds is 3. The van der Waals surface area contributed by atoms with Crippen LogP contribution in [0.25, 0.3) is 5.78 Å². The highest BCUT2D eigenvalue weighted by molar-refractivity contribution is 14.1. The Bertz CT molecular complexity index is 1100. The number of halogens is 5. The number of benzene rings is 1. The molecular formula is C13H8ClF3IN5O2S. The number of hydrogen-bond acceptors (Lipinski definition) is 5. The van der Waals surface area contributed by atoms with Gasteiger partial charge in [-0.05, 0) is 47.7 Å². The van der Waals surface area contributed by atoms with Crippen molar-refractivity contribution in [3.8, 4) is 0 Å². The zero-order chi connectivity index (χ0) is 19.3. The molecule has 2 aromatic heterocycles. The van der Waals surface area contributed by atoms with Crippen LogP contribution in [-0.4, -0.2) is 28.0 Å². The summed E-state index contributed by atoms with van der Waals surface area (Å²) in [7, 11) is -4.38. The lowest BCUT2D eigenvalue weighted by atomic mass is 10.3. The minimum atomic E-state index is -4.76. The maximum Gasteiger partial charge on any atom is 0.433 e. The van der Waals surface area contributed by atoms with Crippen LogP contribution in [0.1, 0.15) is 11.4 Å². The largest absolute Gasteiger partial charge is 0.433 e. The number of aryl methyl sites for hydroxylation is 1. The van der Waals surface area contributed by atoms with Crippen molar-refractivity contribution in [2.45, 2.75) is 18.3 Å². The Morgan fingerprint density at radius 3 is 2.58 bits per heavy atom. The molecule has 0 aliphatic rings. The third kappa shape index (κ3) is 3.57. The molecule has 3 aromatic rings. The second kappa shape index (κ2) is 6.49. The van der Waals surface area contributed by atoms with Crippen LogP contribution in [0.3, 0.4) is 0 Å². The molecule has 3 rings (SSSR count). The molecule has 7 nitrogen and oxygen atoms in total. The van der Waals surface area contributed by atoms with E-state index in [2.05, 4.69) is 19.8 Å². The van der Waals surface area contributed by atoms with Crippen molar-refractivity contribution in [2.24, 2.45) is 0 Å². The summed E-state index contributed by atoms with van der Waals surface area (Å²) < 4.78 is 67.5. The van der Waals surface area contributed by atoms with Gasteiger partial charge >= 0.3 is 6.18 Å². The van der Waals surface area contributed by atoms with Gasteiger partial charge in [0.1, 0.15) is 0 Å². The molecule has 0 radical (unpaired) electrons. The molecule has 0 fully saturated rings. The molecule has 0 saturated heterocycles. The summed E-state index contributed by atoms with van der Waals surface area (Å²) >= 11 is 7.83. The number of nitrogens with zero attached hydrogens (tertiary/aromatic N) is 4. The summed E-state index contributed by atoms with van der Waals surface area (Å²) in [6.07, 6.45) is -4.76. The van der Waals surface area contributed by atoms with Crippen molar-refractivity contribution in [1.29, 1.82) is 0 Å². The van der Waals surface area contributed by atoms with Gasteiger partial charge in [-0.2, -0.15) is 31.1 Å². The van der Waals surface area contributed by atoms with E-state index in [9.17, 15) is 21.6 Å². The van der Waals surface area contributed by atoms with Crippen molar-refractivity contribution >= 4 is 55.7 Å². The third-order valence-corrected chi connectivity index (χ3v) is 5.49. The van der Waals surface area contributed by atoms with Gasteiger partial charge < -0.3 is 0 Å². The van der Waals surface area contributed by atoms with E-state index in [0.29, 0.717) is 8.09 Å². The number of hydrogen-bond donors (Lipinski definition) is 1. The first-order valence-corrected chi connectivity index (χ1v) is 9.71. The summed E-state index contributed by atoms with van der Waals surface area (Å²) in [6.45, 7) is 1.34. The molecule has 0 aliphatic carbocycles. The smallest absolute Gasteiger partial charge is 0.274 e.